The Morgan fingerprint density at radius 3 is 2.44 bits per heavy atom. The van der Waals surface area contributed by atoms with Crippen LogP contribution in [0.3, 0.4) is 0 Å². The number of aromatic nitrogens is 7. The standard InChI is InChI=1S/C21H25N9O9P2S2/c22-15-10-17(25-5-24-15)30(6-26-10)19-12(32)13-9(37-19)4-35-41(43)39-14-11(31)8(3-34-40(42)38-13)36-20(14)29-2-1-7-16(29)27-21(23)28-18(7)33/h1-2,5-6,8-9,11-14,19-20,31-32,42-43H,3-4H2,(H2,22,24,25)(H3,23,27,28,33)/t8-,9-,11?,12?,13?,14?,19-,20-,40?,41?/m1/s1. The van der Waals surface area contributed by atoms with E-state index in [-0.39, 0.29) is 36.0 Å². The van der Waals surface area contributed by atoms with Gasteiger partial charge in [0.2, 0.25) is 21.1 Å². The molecule has 43 heavy (non-hydrogen) atoms. The Bertz CT molecular complexity index is 1710. The number of aliphatic hydroxyl groups excluding tert-OH is 2. The Morgan fingerprint density at radius 1 is 0.930 bits per heavy atom. The first-order valence-corrected chi connectivity index (χ1v) is 17.4. The van der Waals surface area contributed by atoms with Crippen LogP contribution in [0.1, 0.15) is 12.5 Å². The van der Waals surface area contributed by atoms with Gasteiger partial charge in [-0.05, 0) is 6.07 Å². The highest BCUT2D eigenvalue weighted by atomic mass is 32.7. The minimum absolute atomic E-state index is 0.0839. The number of aromatic amines is 1. The van der Waals surface area contributed by atoms with Gasteiger partial charge in [-0.1, -0.05) is 24.5 Å². The molecule has 3 saturated heterocycles. The predicted molar refractivity (Wildman–Crippen MR) is 158 cm³/mol. The number of nitrogen functional groups attached to an aromatic ring is 2. The second-order valence-corrected chi connectivity index (χ2v) is 13.7. The molecule has 2 bridgehead atoms. The number of fused-ring (bicyclic) bond motifs is 5. The lowest BCUT2D eigenvalue weighted by atomic mass is 10.1. The fourth-order valence-electron chi connectivity index (χ4n) is 5.27. The van der Waals surface area contributed by atoms with Gasteiger partial charge in [0.15, 0.2) is 29.6 Å². The maximum Gasteiger partial charge on any atom is 0.261 e. The minimum atomic E-state index is -1.94. The zero-order valence-corrected chi connectivity index (χ0v) is 25.3. The van der Waals surface area contributed by atoms with Gasteiger partial charge in [-0.2, -0.15) is 4.98 Å². The number of anilines is 2. The third kappa shape index (κ3) is 5.28. The van der Waals surface area contributed by atoms with E-state index in [0.29, 0.717) is 11.2 Å². The molecule has 6 unspecified atom stereocenters. The third-order valence-corrected chi connectivity index (χ3v) is 10.1. The van der Waals surface area contributed by atoms with E-state index in [1.807, 2.05) is 0 Å². The van der Waals surface area contributed by atoms with E-state index in [9.17, 15) is 15.0 Å². The highest BCUT2D eigenvalue weighted by molar-refractivity contribution is 8.42. The number of nitrogens with one attached hydrogen (secondary N) is 1. The average Bonchev–Trinajstić information content (AvgIpc) is 3.72. The number of thiol groups is 2. The summed E-state index contributed by atoms with van der Waals surface area (Å²) in [6.45, 7) is -0.265. The van der Waals surface area contributed by atoms with E-state index in [0.717, 1.165) is 0 Å². The zero-order valence-electron chi connectivity index (χ0n) is 21.7. The highest BCUT2D eigenvalue weighted by Gasteiger charge is 2.50. The number of H-pyrrole nitrogens is 1. The molecule has 0 radical (unpaired) electrons. The number of aliphatic hydroxyl groups is 2. The van der Waals surface area contributed by atoms with E-state index in [1.54, 1.807) is 16.8 Å². The molecule has 4 aromatic heterocycles. The first kappa shape index (κ1) is 29.5. The van der Waals surface area contributed by atoms with Crippen molar-refractivity contribution in [1.82, 2.24) is 34.1 Å². The van der Waals surface area contributed by atoms with Crippen molar-refractivity contribution in [2.75, 3.05) is 24.7 Å². The molecular weight excluding hydrogens is 648 g/mol. The fraction of sp³-hybridized carbons (Fsp3) is 0.476. The molecule has 7 N–H and O–H groups in total. The molecule has 0 amide bonds. The van der Waals surface area contributed by atoms with E-state index < -0.39 is 69.8 Å². The molecule has 230 valence electrons. The molecule has 0 aromatic carbocycles. The van der Waals surface area contributed by atoms with Crippen molar-refractivity contribution in [3.05, 3.63) is 35.3 Å². The summed E-state index contributed by atoms with van der Waals surface area (Å²) < 4.78 is 39.2. The Morgan fingerprint density at radius 2 is 1.65 bits per heavy atom. The number of ether oxygens (including phenoxy) is 2. The second kappa shape index (κ2) is 11.6. The van der Waals surface area contributed by atoms with E-state index >= 15 is 0 Å². The minimum Gasteiger partial charge on any atom is -0.387 e. The van der Waals surface area contributed by atoms with Gasteiger partial charge >= 0.3 is 0 Å². The topological polar surface area (TPSA) is 242 Å². The summed E-state index contributed by atoms with van der Waals surface area (Å²) in [6, 6.07) is 1.56. The number of imidazole rings is 1. The molecule has 10 atom stereocenters. The summed E-state index contributed by atoms with van der Waals surface area (Å²) in [5.41, 5.74) is 12.2. The number of rotatable bonds is 2. The van der Waals surface area contributed by atoms with Crippen LogP contribution in [-0.2, 0) is 27.6 Å². The summed E-state index contributed by atoms with van der Waals surface area (Å²) in [7, 11) is -3.84. The van der Waals surface area contributed by atoms with Crippen LogP contribution in [0.25, 0.3) is 22.2 Å². The molecule has 0 saturated carbocycles. The lowest BCUT2D eigenvalue weighted by Crippen LogP contribution is -2.35. The number of hydrogen-bond acceptors (Lipinski definition) is 17. The first-order chi connectivity index (χ1) is 20.7. The van der Waals surface area contributed by atoms with Crippen LogP contribution in [0, 0.1) is 0 Å². The van der Waals surface area contributed by atoms with E-state index in [2.05, 4.69) is 49.4 Å². The van der Waals surface area contributed by atoms with Gasteiger partial charge in [0, 0.05) is 6.20 Å². The summed E-state index contributed by atoms with van der Waals surface area (Å²) in [4.78, 5) is 31.5. The predicted octanol–water partition coefficient (Wildman–Crippen LogP) is 0.376. The quantitative estimate of drug-likeness (QED) is 0.112. The van der Waals surface area contributed by atoms with Crippen LogP contribution in [-0.4, -0.2) is 94.1 Å². The maximum atomic E-state index is 12.4. The molecule has 18 nitrogen and oxygen atoms in total. The molecule has 7 heterocycles. The fourth-order valence-corrected chi connectivity index (χ4v) is 7.90. The van der Waals surface area contributed by atoms with Crippen LogP contribution in [0.4, 0.5) is 11.8 Å². The van der Waals surface area contributed by atoms with Gasteiger partial charge < -0.3 is 53.8 Å². The smallest absolute Gasteiger partial charge is 0.261 e. The first-order valence-electron chi connectivity index (χ1n) is 12.7. The lowest BCUT2D eigenvalue weighted by Gasteiger charge is -2.26. The number of nitrogens with zero attached hydrogens (tertiary/aromatic N) is 6. The van der Waals surface area contributed by atoms with Gasteiger partial charge in [0.1, 0.15) is 48.5 Å². The molecule has 0 aliphatic carbocycles. The Kier molecular flexibility index (Phi) is 7.98. The summed E-state index contributed by atoms with van der Waals surface area (Å²) in [6.07, 6.45) is -3.70. The SMILES string of the molecule is Nc1nc2c(ccn2[C@@H]2O[C@@H]3COP(S)OC4C(O)[C@H](n5cnc6c(N)ncnc65)O[C@@H]4COP(S)OC2C3O)c(=O)[nH]1. The number of nitrogens with two attached hydrogens (primary N) is 2. The summed E-state index contributed by atoms with van der Waals surface area (Å²) >= 11 is 8.94. The molecular formula is C21H25N9O9P2S2. The summed E-state index contributed by atoms with van der Waals surface area (Å²) in [5.74, 6) is 0.0965. The monoisotopic (exact) mass is 673 g/mol. The average molecular weight is 674 g/mol. The molecule has 3 aliphatic heterocycles. The van der Waals surface area contributed by atoms with Crippen LogP contribution in [0.15, 0.2) is 29.7 Å². The highest BCUT2D eigenvalue weighted by Crippen LogP contribution is 2.53. The van der Waals surface area contributed by atoms with Crippen LogP contribution in [0.5, 0.6) is 0 Å². The van der Waals surface area contributed by atoms with E-state index in [1.165, 1.54) is 17.2 Å². The molecule has 22 heteroatoms. The van der Waals surface area contributed by atoms with Crippen molar-refractivity contribution in [2.24, 2.45) is 0 Å². The Balaban J connectivity index is 1.15. The van der Waals surface area contributed by atoms with Crippen molar-refractivity contribution in [3.63, 3.8) is 0 Å². The molecule has 3 aliphatic rings. The van der Waals surface area contributed by atoms with E-state index in [4.69, 9.17) is 39.0 Å². The van der Waals surface area contributed by atoms with Gasteiger partial charge in [-0.25, -0.2) is 15.0 Å². The van der Waals surface area contributed by atoms with Gasteiger partial charge in [0.05, 0.1) is 24.9 Å². The van der Waals surface area contributed by atoms with Gasteiger partial charge in [-0.15, -0.1) is 0 Å². The summed E-state index contributed by atoms with van der Waals surface area (Å²) in [5, 5.41) is 22.7. The molecule has 4 aromatic rings. The van der Waals surface area contributed by atoms with Gasteiger partial charge in [0.25, 0.3) is 5.56 Å². The zero-order chi connectivity index (χ0) is 30.0. The lowest BCUT2D eigenvalue weighted by molar-refractivity contribution is -0.0535. The van der Waals surface area contributed by atoms with Crippen molar-refractivity contribution >= 4 is 73.6 Å². The van der Waals surface area contributed by atoms with Crippen LogP contribution in [0.2, 0.25) is 0 Å². The maximum absolute atomic E-state index is 12.4. The van der Waals surface area contributed by atoms with Crippen molar-refractivity contribution in [3.8, 4) is 0 Å². The van der Waals surface area contributed by atoms with Gasteiger partial charge in [-0.3, -0.25) is 14.3 Å². The molecule has 0 spiro atoms. The Hall–Kier alpha value is -2.19. The third-order valence-electron chi connectivity index (χ3n) is 7.28. The largest absolute Gasteiger partial charge is 0.387 e. The molecule has 7 rings (SSSR count). The van der Waals surface area contributed by atoms with Crippen molar-refractivity contribution < 1.29 is 37.8 Å². The van der Waals surface area contributed by atoms with Crippen LogP contribution < -0.4 is 17.0 Å². The second-order valence-electron chi connectivity index (χ2n) is 9.81. The Labute approximate surface area is 254 Å². The van der Waals surface area contributed by atoms with Crippen molar-refractivity contribution in [1.29, 1.82) is 0 Å². The normalized spacial score (nSPS) is 35.4. The molecule has 3 fully saturated rings. The number of hydrogen-bond donors (Lipinski definition) is 7. The van der Waals surface area contributed by atoms with Crippen molar-refractivity contribution in [2.45, 2.75) is 49.1 Å². The van der Waals surface area contributed by atoms with Crippen LogP contribution >= 0.6 is 39.7 Å².